The van der Waals surface area contributed by atoms with Crippen LogP contribution in [-0.2, 0) is 6.54 Å². The molecular weight excluding hydrogens is 216 g/mol. The fourth-order valence-electron chi connectivity index (χ4n) is 2.56. The normalized spacial score (nSPS) is 26.2. The minimum atomic E-state index is 0.0816. The van der Waals surface area contributed by atoms with Gasteiger partial charge in [0.1, 0.15) is 5.76 Å². The van der Waals surface area contributed by atoms with Gasteiger partial charge in [-0.25, -0.2) is 0 Å². The molecule has 4 nitrogen and oxygen atoms in total. The van der Waals surface area contributed by atoms with Crippen molar-refractivity contribution in [1.82, 2.24) is 9.80 Å². The molecule has 1 aromatic rings. The molecule has 4 heteroatoms. The lowest BCUT2D eigenvalue weighted by Gasteiger charge is -2.49. The maximum absolute atomic E-state index is 9.45. The van der Waals surface area contributed by atoms with E-state index in [0.29, 0.717) is 0 Å². The van der Waals surface area contributed by atoms with Gasteiger partial charge in [0.15, 0.2) is 0 Å². The molecule has 1 saturated heterocycles. The Balaban J connectivity index is 2.05. The molecule has 1 unspecified atom stereocenters. The average molecular weight is 238 g/mol. The zero-order valence-corrected chi connectivity index (χ0v) is 10.9. The largest absolute Gasteiger partial charge is 0.468 e. The number of aliphatic hydroxyl groups is 1. The Morgan fingerprint density at radius 2 is 2.29 bits per heavy atom. The molecule has 0 saturated carbocycles. The Kier molecular flexibility index (Phi) is 3.56. The predicted octanol–water partition coefficient (Wildman–Crippen LogP) is 1.17. The van der Waals surface area contributed by atoms with Crippen LogP contribution in [0.1, 0.15) is 19.6 Å². The molecule has 0 amide bonds. The summed E-state index contributed by atoms with van der Waals surface area (Å²) >= 11 is 0. The van der Waals surface area contributed by atoms with E-state index in [-0.39, 0.29) is 18.2 Å². The van der Waals surface area contributed by atoms with Crippen LogP contribution in [0.25, 0.3) is 0 Å². The monoisotopic (exact) mass is 238 g/mol. The molecule has 0 bridgehead atoms. The summed E-state index contributed by atoms with van der Waals surface area (Å²) in [6.07, 6.45) is 1.71. The van der Waals surface area contributed by atoms with Crippen LogP contribution < -0.4 is 0 Å². The van der Waals surface area contributed by atoms with E-state index >= 15 is 0 Å². The van der Waals surface area contributed by atoms with Crippen molar-refractivity contribution in [3.63, 3.8) is 0 Å². The topological polar surface area (TPSA) is 39.9 Å². The minimum Gasteiger partial charge on any atom is -0.468 e. The summed E-state index contributed by atoms with van der Waals surface area (Å²) in [4.78, 5) is 4.62. The highest BCUT2D eigenvalue weighted by molar-refractivity contribution is 5.01. The van der Waals surface area contributed by atoms with E-state index in [1.54, 1.807) is 6.26 Å². The number of furan rings is 1. The third kappa shape index (κ3) is 2.70. The summed E-state index contributed by atoms with van der Waals surface area (Å²) in [6.45, 7) is 7.32. The summed E-state index contributed by atoms with van der Waals surface area (Å²) in [7, 11) is 2.09. The summed E-state index contributed by atoms with van der Waals surface area (Å²) in [6, 6.07) is 4.12. The Morgan fingerprint density at radius 1 is 1.53 bits per heavy atom. The van der Waals surface area contributed by atoms with Crippen molar-refractivity contribution >= 4 is 0 Å². The molecule has 0 spiro atoms. The zero-order chi connectivity index (χ0) is 12.5. The second kappa shape index (κ2) is 4.80. The molecule has 1 fully saturated rings. The van der Waals surface area contributed by atoms with E-state index in [1.807, 2.05) is 12.1 Å². The van der Waals surface area contributed by atoms with Crippen LogP contribution in [0.3, 0.4) is 0 Å². The third-order valence-electron chi connectivity index (χ3n) is 3.75. The first-order valence-electron chi connectivity index (χ1n) is 6.11. The highest BCUT2D eigenvalue weighted by Gasteiger charge is 2.37. The lowest BCUT2D eigenvalue weighted by atomic mass is 9.96. The molecule has 0 aliphatic carbocycles. The van der Waals surface area contributed by atoms with E-state index in [1.165, 1.54) is 0 Å². The zero-order valence-electron chi connectivity index (χ0n) is 10.9. The molecule has 2 heterocycles. The van der Waals surface area contributed by atoms with E-state index in [9.17, 15) is 5.11 Å². The van der Waals surface area contributed by atoms with Gasteiger partial charge in [0.2, 0.25) is 0 Å². The fraction of sp³-hybridized carbons (Fsp3) is 0.692. The van der Waals surface area contributed by atoms with Gasteiger partial charge in [-0.3, -0.25) is 9.80 Å². The lowest BCUT2D eigenvalue weighted by Crippen LogP contribution is -2.63. The van der Waals surface area contributed by atoms with E-state index < -0.39 is 0 Å². The Morgan fingerprint density at radius 3 is 2.88 bits per heavy atom. The van der Waals surface area contributed by atoms with Gasteiger partial charge in [0, 0.05) is 24.7 Å². The first kappa shape index (κ1) is 12.6. The summed E-state index contributed by atoms with van der Waals surface area (Å²) < 4.78 is 5.38. The molecule has 1 aliphatic rings. The predicted molar refractivity (Wildman–Crippen MR) is 66.7 cm³/mol. The standard InChI is InChI=1S/C13H22N2O2/c1-13(2)10-15(7-11(9-16)14(13)3)8-12-5-4-6-17-12/h4-6,11,16H,7-10H2,1-3H3. The first-order valence-corrected chi connectivity index (χ1v) is 6.11. The quantitative estimate of drug-likeness (QED) is 0.858. The molecule has 1 N–H and O–H groups in total. The maximum Gasteiger partial charge on any atom is 0.117 e. The van der Waals surface area contributed by atoms with Crippen molar-refractivity contribution in [2.24, 2.45) is 0 Å². The van der Waals surface area contributed by atoms with Crippen molar-refractivity contribution < 1.29 is 9.52 Å². The second-order valence-corrected chi connectivity index (χ2v) is 5.51. The minimum absolute atomic E-state index is 0.0816. The fourth-order valence-corrected chi connectivity index (χ4v) is 2.56. The molecule has 0 aromatic carbocycles. The van der Waals surface area contributed by atoms with Gasteiger partial charge in [0.25, 0.3) is 0 Å². The molecule has 1 aromatic heterocycles. The van der Waals surface area contributed by atoms with Gasteiger partial charge in [0.05, 0.1) is 19.4 Å². The van der Waals surface area contributed by atoms with Crippen molar-refractivity contribution in [1.29, 1.82) is 0 Å². The Bertz CT molecular complexity index is 348. The summed E-state index contributed by atoms with van der Waals surface area (Å²) in [5.41, 5.74) is 0.0816. The van der Waals surface area contributed by atoms with E-state index in [2.05, 4.69) is 30.7 Å². The van der Waals surface area contributed by atoms with Crippen LogP contribution in [0.5, 0.6) is 0 Å². The maximum atomic E-state index is 9.45. The number of hydrogen-bond donors (Lipinski definition) is 1. The van der Waals surface area contributed by atoms with Crippen molar-refractivity contribution in [3.05, 3.63) is 24.2 Å². The molecule has 1 aliphatic heterocycles. The molecule has 17 heavy (non-hydrogen) atoms. The number of hydrogen-bond acceptors (Lipinski definition) is 4. The highest BCUT2D eigenvalue weighted by atomic mass is 16.3. The first-order chi connectivity index (χ1) is 8.03. The molecule has 96 valence electrons. The van der Waals surface area contributed by atoms with Crippen molar-refractivity contribution in [3.8, 4) is 0 Å². The van der Waals surface area contributed by atoms with Crippen molar-refractivity contribution in [2.45, 2.75) is 32.0 Å². The Hall–Kier alpha value is -0.840. The van der Waals surface area contributed by atoms with Gasteiger partial charge in [-0.15, -0.1) is 0 Å². The number of nitrogens with zero attached hydrogens (tertiary/aromatic N) is 2. The van der Waals surface area contributed by atoms with E-state index in [0.717, 1.165) is 25.4 Å². The number of rotatable bonds is 3. The van der Waals surface area contributed by atoms with Gasteiger partial charge in [-0.1, -0.05) is 0 Å². The van der Waals surface area contributed by atoms with Gasteiger partial charge < -0.3 is 9.52 Å². The molecule has 2 rings (SSSR count). The van der Waals surface area contributed by atoms with Gasteiger partial charge >= 0.3 is 0 Å². The Labute approximate surface area is 103 Å². The van der Waals surface area contributed by atoms with Gasteiger partial charge in [-0.2, -0.15) is 0 Å². The second-order valence-electron chi connectivity index (χ2n) is 5.51. The lowest BCUT2D eigenvalue weighted by molar-refractivity contribution is -0.0315. The number of likely N-dealkylation sites (N-methyl/N-ethyl adjacent to an activating group) is 1. The van der Waals surface area contributed by atoms with Crippen LogP contribution in [0.4, 0.5) is 0 Å². The van der Waals surface area contributed by atoms with Gasteiger partial charge in [-0.05, 0) is 33.0 Å². The summed E-state index contributed by atoms with van der Waals surface area (Å²) in [5.74, 6) is 0.988. The SMILES string of the molecule is CN1C(CO)CN(Cc2ccco2)CC1(C)C. The summed E-state index contributed by atoms with van der Waals surface area (Å²) in [5, 5.41) is 9.45. The third-order valence-corrected chi connectivity index (χ3v) is 3.75. The molecule has 0 radical (unpaired) electrons. The van der Waals surface area contributed by atoms with Crippen LogP contribution in [0.2, 0.25) is 0 Å². The number of aliphatic hydroxyl groups excluding tert-OH is 1. The van der Waals surface area contributed by atoms with Crippen LogP contribution in [0.15, 0.2) is 22.8 Å². The highest BCUT2D eigenvalue weighted by Crippen LogP contribution is 2.24. The van der Waals surface area contributed by atoms with Crippen LogP contribution >= 0.6 is 0 Å². The van der Waals surface area contributed by atoms with Crippen LogP contribution in [-0.4, -0.2) is 53.2 Å². The molecular formula is C13H22N2O2. The smallest absolute Gasteiger partial charge is 0.117 e. The number of piperazine rings is 1. The van der Waals surface area contributed by atoms with E-state index in [4.69, 9.17) is 4.42 Å². The van der Waals surface area contributed by atoms with Crippen molar-refractivity contribution in [2.75, 3.05) is 26.7 Å². The van der Waals surface area contributed by atoms with Crippen LogP contribution in [0, 0.1) is 0 Å². The average Bonchev–Trinajstić information content (AvgIpc) is 2.75. The molecule has 1 atom stereocenters.